The molecule has 0 spiro atoms. The minimum atomic E-state index is -0.989. The van der Waals surface area contributed by atoms with Crippen LogP contribution < -0.4 is 18.9 Å². The molecule has 0 aromatic heterocycles. The van der Waals surface area contributed by atoms with E-state index in [1.807, 2.05) is 127 Å². The van der Waals surface area contributed by atoms with Crippen molar-refractivity contribution >= 4 is 5.97 Å². The highest BCUT2D eigenvalue weighted by atomic mass is 16.6. The molecule has 1 fully saturated rings. The van der Waals surface area contributed by atoms with E-state index in [4.69, 9.17) is 23.7 Å². The first-order chi connectivity index (χ1) is 22.0. The molecule has 0 aliphatic carbocycles. The molecule has 0 bridgehead atoms. The van der Waals surface area contributed by atoms with Crippen molar-refractivity contribution in [3.8, 4) is 23.0 Å². The summed E-state index contributed by atoms with van der Waals surface area (Å²) in [4.78, 5) is 11.8. The Bertz CT molecular complexity index is 1660. The molecule has 1 heterocycles. The lowest BCUT2D eigenvalue weighted by Crippen LogP contribution is -2.62. The van der Waals surface area contributed by atoms with E-state index in [9.17, 15) is 9.90 Å². The van der Waals surface area contributed by atoms with Gasteiger partial charge in [-0.1, -0.05) is 84.9 Å². The number of rotatable bonds is 11. The Kier molecular flexibility index (Phi) is 9.27. The number of carboxylic acids is 1. The van der Waals surface area contributed by atoms with Gasteiger partial charge >= 0.3 is 5.97 Å². The van der Waals surface area contributed by atoms with Crippen LogP contribution in [0.25, 0.3) is 0 Å². The summed E-state index contributed by atoms with van der Waals surface area (Å²) >= 11 is 0. The summed E-state index contributed by atoms with van der Waals surface area (Å²) in [6, 6.07) is 43.3. The lowest BCUT2D eigenvalue weighted by Gasteiger charge is -2.46. The smallest absolute Gasteiger partial charge is 0.335 e. The number of hydrogen-bond donors (Lipinski definition) is 1. The Morgan fingerprint density at radius 2 is 1.09 bits per heavy atom. The van der Waals surface area contributed by atoms with Crippen LogP contribution in [0.1, 0.15) is 27.6 Å². The second-order valence-electron chi connectivity index (χ2n) is 10.8. The van der Waals surface area contributed by atoms with E-state index in [-0.39, 0.29) is 12.2 Å². The summed E-state index contributed by atoms with van der Waals surface area (Å²) in [6.45, 7) is 1.94. The SMILES string of the molecule is Cc1cc([C@H]2O[C@H](COc3ccccc3)[C@@H](Oc3ccccc3)[C@H](Oc3ccccc3)[C@@H]2Oc2ccccc2)ccc1C(=O)O. The van der Waals surface area contributed by atoms with Crippen LogP contribution in [-0.2, 0) is 4.74 Å². The number of carbonyl (C=O) groups is 1. The molecule has 6 rings (SSSR count). The summed E-state index contributed by atoms with van der Waals surface area (Å²) in [7, 11) is 0. The fraction of sp³-hybridized carbons (Fsp3) is 0.184. The monoisotopic (exact) mass is 602 g/mol. The van der Waals surface area contributed by atoms with Gasteiger partial charge in [-0.2, -0.15) is 0 Å². The van der Waals surface area contributed by atoms with E-state index in [0.29, 0.717) is 28.6 Å². The summed E-state index contributed by atoms with van der Waals surface area (Å²) in [5.74, 6) is 1.63. The topological polar surface area (TPSA) is 83.5 Å². The van der Waals surface area contributed by atoms with Crippen LogP contribution in [0.15, 0.2) is 140 Å². The van der Waals surface area contributed by atoms with Gasteiger partial charge in [0.2, 0.25) is 0 Å². The molecule has 0 radical (unpaired) electrons. The maximum atomic E-state index is 11.8. The molecular formula is C38H34O7. The lowest BCUT2D eigenvalue weighted by molar-refractivity contribution is -0.210. The number of hydrogen-bond acceptors (Lipinski definition) is 6. The summed E-state index contributed by atoms with van der Waals surface area (Å²) in [5, 5.41) is 9.71. The van der Waals surface area contributed by atoms with E-state index in [1.165, 1.54) is 0 Å². The average molecular weight is 603 g/mol. The normalized spacial score (nSPS) is 21.0. The van der Waals surface area contributed by atoms with Gasteiger partial charge in [-0.25, -0.2) is 4.79 Å². The predicted molar refractivity (Wildman–Crippen MR) is 170 cm³/mol. The van der Waals surface area contributed by atoms with Crippen molar-refractivity contribution in [1.29, 1.82) is 0 Å². The third-order valence-corrected chi connectivity index (χ3v) is 7.65. The highest BCUT2D eigenvalue weighted by Gasteiger charge is 2.51. The van der Waals surface area contributed by atoms with Gasteiger partial charge in [0.25, 0.3) is 0 Å². The molecule has 0 unspecified atom stereocenters. The first kappa shape index (κ1) is 29.8. The minimum absolute atomic E-state index is 0.164. The third-order valence-electron chi connectivity index (χ3n) is 7.65. The zero-order valence-electron chi connectivity index (χ0n) is 24.8. The molecule has 0 saturated carbocycles. The molecule has 7 nitrogen and oxygen atoms in total. The van der Waals surface area contributed by atoms with E-state index in [1.54, 1.807) is 19.1 Å². The Hall–Kier alpha value is -5.27. The average Bonchev–Trinajstić information content (AvgIpc) is 3.07. The molecule has 5 aromatic rings. The van der Waals surface area contributed by atoms with Crippen LogP contribution in [-0.4, -0.2) is 42.1 Å². The highest BCUT2D eigenvalue weighted by molar-refractivity contribution is 5.89. The maximum absolute atomic E-state index is 11.8. The van der Waals surface area contributed by atoms with Gasteiger partial charge < -0.3 is 28.8 Å². The second-order valence-corrected chi connectivity index (χ2v) is 10.8. The Morgan fingerprint density at radius 3 is 1.58 bits per heavy atom. The number of aromatic carboxylic acids is 1. The Morgan fingerprint density at radius 1 is 0.622 bits per heavy atom. The standard InChI is InChI=1S/C38H34O7/c1-26-24-27(22-23-32(26)38(39)40)34-36(43-30-18-10-4-11-19-30)37(44-31-20-12-5-13-21-31)35(42-29-16-8-3-9-17-29)33(45-34)25-41-28-14-6-2-7-15-28/h2-24,33-37H,25H2,1H3,(H,39,40)/t33-,34-,35-,36-,37+/m1/s1. The van der Waals surface area contributed by atoms with Crippen molar-refractivity contribution < 1.29 is 33.6 Å². The summed E-state index contributed by atoms with van der Waals surface area (Å²) in [6.07, 6.45) is -3.33. The highest BCUT2D eigenvalue weighted by Crippen LogP contribution is 2.39. The molecule has 1 N–H and O–H groups in total. The van der Waals surface area contributed by atoms with Crippen LogP contribution in [0, 0.1) is 6.92 Å². The number of carboxylic acid groups (broad SMARTS) is 1. The van der Waals surface area contributed by atoms with Crippen LogP contribution in [0.5, 0.6) is 23.0 Å². The van der Waals surface area contributed by atoms with E-state index >= 15 is 0 Å². The van der Waals surface area contributed by atoms with E-state index in [0.717, 1.165) is 5.56 Å². The lowest BCUT2D eigenvalue weighted by atomic mass is 9.89. The molecule has 5 aromatic carbocycles. The van der Waals surface area contributed by atoms with Gasteiger partial charge in [0.1, 0.15) is 41.8 Å². The van der Waals surface area contributed by atoms with Gasteiger partial charge in [-0.05, 0) is 72.6 Å². The molecule has 5 atom stereocenters. The Labute approximate surface area is 262 Å². The van der Waals surface area contributed by atoms with Crippen LogP contribution in [0.3, 0.4) is 0 Å². The van der Waals surface area contributed by atoms with Gasteiger partial charge in [-0.3, -0.25) is 0 Å². The quantitative estimate of drug-likeness (QED) is 0.167. The van der Waals surface area contributed by atoms with Crippen molar-refractivity contribution in [2.24, 2.45) is 0 Å². The minimum Gasteiger partial charge on any atom is -0.491 e. The molecule has 228 valence electrons. The molecule has 1 aliphatic heterocycles. The molecule has 1 aliphatic rings. The summed E-state index contributed by atoms with van der Waals surface area (Å²) < 4.78 is 33.3. The molecule has 7 heteroatoms. The van der Waals surface area contributed by atoms with E-state index in [2.05, 4.69) is 0 Å². The fourth-order valence-corrected chi connectivity index (χ4v) is 5.49. The van der Waals surface area contributed by atoms with E-state index < -0.39 is 36.5 Å². The zero-order valence-corrected chi connectivity index (χ0v) is 24.8. The van der Waals surface area contributed by atoms with Gasteiger partial charge in [-0.15, -0.1) is 0 Å². The van der Waals surface area contributed by atoms with Gasteiger partial charge in [0.15, 0.2) is 18.3 Å². The van der Waals surface area contributed by atoms with Crippen LogP contribution in [0.4, 0.5) is 0 Å². The number of aryl methyl sites for hydroxylation is 1. The number of para-hydroxylation sites is 4. The number of ether oxygens (including phenoxy) is 5. The summed E-state index contributed by atoms with van der Waals surface area (Å²) in [5.41, 5.74) is 1.59. The van der Waals surface area contributed by atoms with Crippen molar-refractivity contribution in [2.75, 3.05) is 6.61 Å². The maximum Gasteiger partial charge on any atom is 0.335 e. The van der Waals surface area contributed by atoms with Crippen molar-refractivity contribution in [3.63, 3.8) is 0 Å². The van der Waals surface area contributed by atoms with Gasteiger partial charge in [0.05, 0.1) is 5.56 Å². The first-order valence-corrected chi connectivity index (χ1v) is 14.9. The van der Waals surface area contributed by atoms with Gasteiger partial charge in [0, 0.05) is 0 Å². The predicted octanol–water partition coefficient (Wildman–Crippen LogP) is 7.55. The first-order valence-electron chi connectivity index (χ1n) is 14.9. The number of benzene rings is 5. The zero-order chi connectivity index (χ0) is 31.0. The van der Waals surface area contributed by atoms with Crippen molar-refractivity contribution in [2.45, 2.75) is 37.4 Å². The largest absolute Gasteiger partial charge is 0.491 e. The third kappa shape index (κ3) is 7.28. The second kappa shape index (κ2) is 14.0. The molecule has 45 heavy (non-hydrogen) atoms. The fourth-order valence-electron chi connectivity index (χ4n) is 5.49. The van der Waals surface area contributed by atoms with Crippen LogP contribution >= 0.6 is 0 Å². The van der Waals surface area contributed by atoms with Crippen LogP contribution in [0.2, 0.25) is 0 Å². The van der Waals surface area contributed by atoms with Crippen molar-refractivity contribution in [1.82, 2.24) is 0 Å². The Balaban J connectivity index is 1.46. The van der Waals surface area contributed by atoms with Crippen molar-refractivity contribution in [3.05, 3.63) is 156 Å². The molecule has 0 amide bonds. The molecular weight excluding hydrogens is 568 g/mol. The molecule has 1 saturated heterocycles.